The minimum Gasteiger partial charge on any atom is -0.594 e. The van der Waals surface area contributed by atoms with Gasteiger partial charge in [0.1, 0.15) is 11.4 Å². The Morgan fingerprint density at radius 3 is 1.95 bits per heavy atom. The van der Waals surface area contributed by atoms with E-state index >= 15 is 0 Å². The topological polar surface area (TPSA) is 102 Å². The van der Waals surface area contributed by atoms with Crippen LogP contribution in [0.4, 0.5) is 17.1 Å². The summed E-state index contributed by atoms with van der Waals surface area (Å²) >= 11 is 0. The maximum Gasteiger partial charge on any atom is 0.269 e. The van der Waals surface area contributed by atoms with Gasteiger partial charge in [0.05, 0.1) is 4.92 Å². The molecule has 2 aromatic rings. The molecule has 0 heterocycles. The number of nitro benzene ring substituents is 1. The predicted octanol–water partition coefficient (Wildman–Crippen LogP) is 3.23. The molecule has 0 bridgehead atoms. The highest BCUT2D eigenvalue weighted by atomic mass is 16.6. The van der Waals surface area contributed by atoms with Gasteiger partial charge in [0, 0.05) is 29.4 Å². The maximum absolute atomic E-state index is 11.7. The summed E-state index contributed by atoms with van der Waals surface area (Å²) < 4.78 is 0. The van der Waals surface area contributed by atoms with Gasteiger partial charge in [-0.25, -0.2) is 0 Å². The first-order chi connectivity index (χ1) is 9.06. The molecule has 0 aromatic heterocycles. The van der Waals surface area contributed by atoms with Crippen LogP contribution < -0.4 is 0 Å². The van der Waals surface area contributed by atoms with Crippen molar-refractivity contribution in [2.75, 3.05) is 0 Å². The molecule has 0 amide bonds. The van der Waals surface area contributed by atoms with Gasteiger partial charge in [-0.2, -0.15) is 0 Å². The second kappa shape index (κ2) is 5.13. The number of non-ortho nitro benzene ring substituents is 1. The summed E-state index contributed by atoms with van der Waals surface area (Å²) in [5, 5.41) is 35.0. The first-order valence-corrected chi connectivity index (χ1v) is 5.28. The van der Waals surface area contributed by atoms with Gasteiger partial charge in [0.25, 0.3) is 5.69 Å². The smallest absolute Gasteiger partial charge is 0.269 e. The number of rotatable bonds is 3. The second-order valence-electron chi connectivity index (χ2n) is 3.66. The van der Waals surface area contributed by atoms with Crippen molar-refractivity contribution in [2.45, 2.75) is 0 Å². The van der Waals surface area contributed by atoms with Gasteiger partial charge in [-0.3, -0.25) is 10.1 Å². The van der Waals surface area contributed by atoms with E-state index in [9.17, 15) is 15.3 Å². The summed E-state index contributed by atoms with van der Waals surface area (Å²) in [6.45, 7) is 0. The van der Waals surface area contributed by atoms with Crippen LogP contribution in [0.25, 0.3) is 0 Å². The van der Waals surface area contributed by atoms with Gasteiger partial charge in [-0.15, -0.1) is 0 Å². The second-order valence-corrected chi connectivity index (χ2v) is 3.66. The number of hydrogen-bond acceptors (Lipinski definition) is 5. The lowest BCUT2D eigenvalue weighted by atomic mass is 10.3. The molecule has 1 N–H and O–H groups in total. The summed E-state index contributed by atoms with van der Waals surface area (Å²) in [6.07, 6.45) is 0. The molecule has 2 rings (SSSR count). The van der Waals surface area contributed by atoms with E-state index in [-0.39, 0.29) is 17.1 Å². The number of nitro groups is 1. The average molecular weight is 259 g/mol. The molecule has 0 aliphatic carbocycles. The van der Waals surface area contributed by atoms with Crippen molar-refractivity contribution in [3.63, 3.8) is 0 Å². The third-order valence-electron chi connectivity index (χ3n) is 2.34. The molecule has 0 atom stereocenters. The molecule has 0 spiro atoms. The van der Waals surface area contributed by atoms with E-state index in [1.807, 2.05) is 0 Å². The van der Waals surface area contributed by atoms with Crippen molar-refractivity contribution in [3.8, 4) is 5.75 Å². The van der Waals surface area contributed by atoms with Gasteiger partial charge in [0.2, 0.25) is 5.69 Å². The number of phenolic OH excluding ortho intramolecular Hbond substituents is 1. The highest BCUT2D eigenvalue weighted by Gasteiger charge is 2.07. The lowest BCUT2D eigenvalue weighted by Crippen LogP contribution is -1.90. The molecule has 7 heteroatoms. The zero-order valence-electron chi connectivity index (χ0n) is 9.63. The zero-order valence-corrected chi connectivity index (χ0v) is 9.63. The zero-order chi connectivity index (χ0) is 13.8. The van der Waals surface area contributed by atoms with Crippen LogP contribution in [-0.4, -0.2) is 14.9 Å². The largest absolute Gasteiger partial charge is 0.594 e. The van der Waals surface area contributed by atoms with Crippen LogP contribution in [0, 0.1) is 15.3 Å². The molecule has 0 aliphatic heterocycles. The molecule has 0 fully saturated rings. The van der Waals surface area contributed by atoms with E-state index in [2.05, 4.69) is 5.11 Å². The molecule has 96 valence electrons. The number of nitrogens with zero attached hydrogens (tertiary/aromatic N) is 3. The van der Waals surface area contributed by atoms with Crippen LogP contribution in [-0.2, 0) is 0 Å². The standard InChI is InChI=1S/C12H9N3O4/c16-12-7-5-10(6-8-12)14(17)13-9-1-3-11(4-2-9)15(18)19/h1-8,16H. The molecule has 2 aromatic carbocycles. The minimum absolute atomic E-state index is 0.0486. The van der Waals surface area contributed by atoms with Crippen molar-refractivity contribution < 1.29 is 14.9 Å². The van der Waals surface area contributed by atoms with Crippen LogP contribution in [0.15, 0.2) is 53.6 Å². The molecular formula is C12H9N3O4. The first kappa shape index (κ1) is 12.5. The normalized spacial score (nSPS) is 11.3. The maximum atomic E-state index is 11.7. The molecule has 0 unspecified atom stereocenters. The number of benzene rings is 2. The monoisotopic (exact) mass is 259 g/mol. The lowest BCUT2D eigenvalue weighted by molar-refractivity contribution is -0.435. The molecule has 7 nitrogen and oxygen atoms in total. The fourth-order valence-electron chi connectivity index (χ4n) is 1.38. The van der Waals surface area contributed by atoms with Crippen molar-refractivity contribution in [1.82, 2.24) is 0 Å². The van der Waals surface area contributed by atoms with Crippen molar-refractivity contribution >= 4 is 17.1 Å². The molecular weight excluding hydrogens is 250 g/mol. The third-order valence-corrected chi connectivity index (χ3v) is 2.34. The average Bonchev–Trinajstić information content (AvgIpc) is 2.40. The minimum atomic E-state index is -0.529. The van der Waals surface area contributed by atoms with Gasteiger partial charge in [0.15, 0.2) is 0 Å². The predicted molar refractivity (Wildman–Crippen MR) is 66.6 cm³/mol. The summed E-state index contributed by atoms with van der Waals surface area (Å²) in [4.78, 5) is 10.3. The summed E-state index contributed by atoms with van der Waals surface area (Å²) in [7, 11) is 0. The van der Waals surface area contributed by atoms with Crippen LogP contribution in [0.5, 0.6) is 5.75 Å². The van der Waals surface area contributed by atoms with Crippen LogP contribution in [0.2, 0.25) is 0 Å². The van der Waals surface area contributed by atoms with Crippen molar-refractivity contribution in [1.29, 1.82) is 0 Å². The van der Waals surface area contributed by atoms with E-state index in [0.717, 1.165) is 0 Å². The lowest BCUT2D eigenvalue weighted by Gasteiger charge is -1.99. The SMILES string of the molecule is O=[N+]([O-])c1ccc(N=[N+]([O-])c2ccc(O)cc2)cc1. The Hall–Kier alpha value is -2.96. The molecule has 0 saturated carbocycles. The van der Waals surface area contributed by atoms with Gasteiger partial charge in [-0.05, 0) is 24.3 Å². The van der Waals surface area contributed by atoms with Gasteiger partial charge >= 0.3 is 0 Å². The summed E-state index contributed by atoms with van der Waals surface area (Å²) in [6, 6.07) is 10.9. The highest BCUT2D eigenvalue weighted by Crippen LogP contribution is 2.21. The summed E-state index contributed by atoms with van der Waals surface area (Å²) in [5.41, 5.74) is 0.478. The number of phenols is 1. The van der Waals surface area contributed by atoms with Crippen molar-refractivity contribution in [3.05, 3.63) is 63.9 Å². The molecule has 0 radical (unpaired) electrons. The Morgan fingerprint density at radius 2 is 1.42 bits per heavy atom. The fourth-order valence-corrected chi connectivity index (χ4v) is 1.38. The Morgan fingerprint density at radius 1 is 0.895 bits per heavy atom. The van der Waals surface area contributed by atoms with Crippen molar-refractivity contribution in [2.24, 2.45) is 5.11 Å². The van der Waals surface area contributed by atoms with Crippen LogP contribution in [0.3, 0.4) is 0 Å². The van der Waals surface area contributed by atoms with Gasteiger partial charge < -0.3 is 10.3 Å². The van der Waals surface area contributed by atoms with E-state index in [1.165, 1.54) is 48.5 Å². The Balaban J connectivity index is 2.25. The molecule has 0 aliphatic rings. The van der Waals surface area contributed by atoms with Crippen LogP contribution in [0.1, 0.15) is 0 Å². The highest BCUT2D eigenvalue weighted by molar-refractivity contribution is 5.43. The Labute approximate surface area is 107 Å². The number of azo groups is 1. The first-order valence-electron chi connectivity index (χ1n) is 5.28. The van der Waals surface area contributed by atoms with E-state index in [1.54, 1.807) is 0 Å². The third kappa shape index (κ3) is 3.03. The fraction of sp³-hybridized carbons (Fsp3) is 0. The van der Waals surface area contributed by atoms with Gasteiger partial charge in [-0.1, -0.05) is 4.86 Å². The summed E-state index contributed by atoms with van der Waals surface area (Å²) in [5.74, 6) is 0.0486. The Kier molecular flexibility index (Phi) is 3.37. The quantitative estimate of drug-likeness (QED) is 0.395. The number of hydrogen-bond donors (Lipinski definition) is 1. The number of aromatic hydroxyl groups is 1. The van der Waals surface area contributed by atoms with E-state index < -0.39 is 4.92 Å². The van der Waals surface area contributed by atoms with Crippen LogP contribution >= 0.6 is 0 Å². The Bertz CT molecular complexity index is 620. The molecule has 19 heavy (non-hydrogen) atoms. The molecule has 0 saturated heterocycles. The van der Waals surface area contributed by atoms with E-state index in [4.69, 9.17) is 5.11 Å². The van der Waals surface area contributed by atoms with E-state index in [0.29, 0.717) is 10.5 Å².